The summed E-state index contributed by atoms with van der Waals surface area (Å²) in [5.41, 5.74) is 2.30. The molecule has 0 spiro atoms. The van der Waals surface area contributed by atoms with Gasteiger partial charge in [0.2, 0.25) is 0 Å². The number of ketones is 1. The van der Waals surface area contributed by atoms with Crippen molar-refractivity contribution in [2.45, 2.75) is 59.6 Å². The Morgan fingerprint density at radius 2 is 1.43 bits per heavy atom. The molecule has 1 unspecified atom stereocenters. The molecule has 0 radical (unpaired) electrons. The van der Waals surface area contributed by atoms with E-state index in [9.17, 15) is 19.2 Å². The fourth-order valence-corrected chi connectivity index (χ4v) is 3.36. The topological polar surface area (TPSA) is 139 Å². The summed E-state index contributed by atoms with van der Waals surface area (Å²) >= 11 is 0. The Kier molecular flexibility index (Phi) is 9.58. The largest absolute Gasteiger partial charge is 0.489 e. The van der Waals surface area contributed by atoms with Crippen molar-refractivity contribution >= 4 is 23.7 Å². The molecule has 0 aromatic heterocycles. The normalized spacial score (nSPS) is 13.0. The first-order valence-corrected chi connectivity index (χ1v) is 11.9. The molecule has 1 aliphatic carbocycles. The molecule has 3 rings (SSSR count). The number of nitrogens with one attached hydrogen (secondary N) is 1. The number of carbonyl (C=O) groups excluding carboxylic acids is 2. The zero-order valence-electron chi connectivity index (χ0n) is 22.1. The molecule has 9 heteroatoms. The SMILES string of the molecule is CC(C)(C)NCC(COc1cccc2c1-c1ccccc1C2=O)OC(=O)C(C)(C)C.O=C(O)CC(=O)O. The molecule has 0 amide bonds. The van der Waals surface area contributed by atoms with E-state index in [-0.39, 0.29) is 23.9 Å². The van der Waals surface area contributed by atoms with Gasteiger partial charge in [0.1, 0.15) is 24.9 Å². The van der Waals surface area contributed by atoms with Crippen LogP contribution in [-0.4, -0.2) is 58.7 Å². The molecule has 0 fully saturated rings. The number of rotatable bonds is 8. The number of esters is 1. The lowest BCUT2D eigenvalue weighted by Crippen LogP contribution is -2.45. The van der Waals surface area contributed by atoms with Crippen LogP contribution in [0.15, 0.2) is 42.5 Å². The number of fused-ring (bicyclic) bond motifs is 3. The maximum absolute atomic E-state index is 12.7. The third kappa shape index (κ3) is 8.71. The molecular weight excluding hydrogens is 478 g/mol. The van der Waals surface area contributed by atoms with Gasteiger partial charge in [-0.1, -0.05) is 36.4 Å². The van der Waals surface area contributed by atoms with E-state index in [1.54, 1.807) is 0 Å². The molecule has 0 saturated heterocycles. The first kappa shape index (κ1) is 29.5. The molecule has 0 aliphatic heterocycles. The van der Waals surface area contributed by atoms with Crippen molar-refractivity contribution < 1.29 is 38.9 Å². The quantitative estimate of drug-likeness (QED) is 0.299. The van der Waals surface area contributed by atoms with Gasteiger partial charge in [0.05, 0.1) is 5.41 Å². The Bertz CT molecular complexity index is 1150. The van der Waals surface area contributed by atoms with Crippen LogP contribution in [-0.2, 0) is 19.1 Å². The van der Waals surface area contributed by atoms with Gasteiger partial charge in [0, 0.05) is 28.8 Å². The van der Waals surface area contributed by atoms with E-state index < -0.39 is 29.9 Å². The van der Waals surface area contributed by atoms with E-state index in [2.05, 4.69) is 26.1 Å². The molecule has 9 nitrogen and oxygen atoms in total. The molecule has 200 valence electrons. The fraction of sp³-hybridized carbons (Fsp3) is 0.429. The van der Waals surface area contributed by atoms with Crippen molar-refractivity contribution in [2.75, 3.05) is 13.2 Å². The van der Waals surface area contributed by atoms with E-state index >= 15 is 0 Å². The molecule has 3 N–H and O–H groups in total. The molecule has 1 aliphatic rings. The van der Waals surface area contributed by atoms with Crippen LogP contribution >= 0.6 is 0 Å². The lowest BCUT2D eigenvalue weighted by Gasteiger charge is -2.28. The minimum atomic E-state index is -1.31. The highest BCUT2D eigenvalue weighted by Gasteiger charge is 2.31. The van der Waals surface area contributed by atoms with Crippen LogP contribution in [0, 0.1) is 5.41 Å². The molecule has 0 heterocycles. The number of aliphatic carboxylic acids is 2. The van der Waals surface area contributed by atoms with Crippen molar-refractivity contribution in [1.82, 2.24) is 5.32 Å². The van der Waals surface area contributed by atoms with Gasteiger partial charge in [-0.05, 0) is 53.2 Å². The predicted octanol–water partition coefficient (Wildman–Crippen LogP) is 4.17. The van der Waals surface area contributed by atoms with Gasteiger partial charge in [-0.15, -0.1) is 0 Å². The number of carboxylic acid groups (broad SMARTS) is 2. The summed E-state index contributed by atoms with van der Waals surface area (Å²) in [6.07, 6.45) is -1.26. The van der Waals surface area contributed by atoms with E-state index in [0.29, 0.717) is 23.4 Å². The van der Waals surface area contributed by atoms with E-state index in [1.165, 1.54) is 0 Å². The Morgan fingerprint density at radius 1 is 0.865 bits per heavy atom. The van der Waals surface area contributed by atoms with E-state index in [0.717, 1.165) is 11.1 Å². The second kappa shape index (κ2) is 12.0. The highest BCUT2D eigenvalue weighted by Crippen LogP contribution is 2.42. The molecule has 2 aromatic carbocycles. The first-order chi connectivity index (χ1) is 17.1. The summed E-state index contributed by atoms with van der Waals surface area (Å²) < 4.78 is 11.9. The molecule has 0 bridgehead atoms. The Hall–Kier alpha value is -3.72. The third-order valence-electron chi connectivity index (χ3n) is 5.19. The zero-order valence-corrected chi connectivity index (χ0v) is 22.1. The maximum atomic E-state index is 12.7. The van der Waals surface area contributed by atoms with Crippen molar-refractivity contribution in [3.05, 3.63) is 53.6 Å². The Labute approximate surface area is 216 Å². The van der Waals surface area contributed by atoms with E-state index in [1.807, 2.05) is 63.2 Å². The molecule has 1 atom stereocenters. The number of carboxylic acids is 2. The molecule has 0 saturated carbocycles. The lowest BCUT2D eigenvalue weighted by atomic mass is 9.97. The maximum Gasteiger partial charge on any atom is 0.314 e. The first-order valence-electron chi connectivity index (χ1n) is 11.9. The number of hydrogen-bond acceptors (Lipinski definition) is 7. The third-order valence-corrected chi connectivity index (χ3v) is 5.19. The van der Waals surface area contributed by atoms with Crippen LogP contribution < -0.4 is 10.1 Å². The van der Waals surface area contributed by atoms with Crippen LogP contribution in [0.2, 0.25) is 0 Å². The molecule has 2 aromatic rings. The minimum Gasteiger partial charge on any atom is -0.489 e. The Balaban J connectivity index is 0.000000604. The average Bonchev–Trinajstić information content (AvgIpc) is 3.07. The monoisotopic (exact) mass is 513 g/mol. The van der Waals surface area contributed by atoms with Gasteiger partial charge in [0.25, 0.3) is 0 Å². The summed E-state index contributed by atoms with van der Waals surface area (Å²) in [4.78, 5) is 44.0. The predicted molar refractivity (Wildman–Crippen MR) is 138 cm³/mol. The number of ether oxygens (including phenoxy) is 2. The lowest BCUT2D eigenvalue weighted by molar-refractivity contribution is -0.160. The van der Waals surface area contributed by atoms with E-state index in [4.69, 9.17) is 19.7 Å². The highest BCUT2D eigenvalue weighted by atomic mass is 16.6. The Morgan fingerprint density at radius 3 is 1.95 bits per heavy atom. The summed E-state index contributed by atoms with van der Waals surface area (Å²) in [5.74, 6) is -2.26. The minimum absolute atomic E-state index is 0.0103. The fourth-order valence-electron chi connectivity index (χ4n) is 3.36. The number of benzene rings is 2. The number of hydrogen-bond donors (Lipinski definition) is 3. The van der Waals surface area contributed by atoms with Crippen LogP contribution in [0.3, 0.4) is 0 Å². The van der Waals surface area contributed by atoms with Gasteiger partial charge >= 0.3 is 17.9 Å². The van der Waals surface area contributed by atoms with Gasteiger partial charge < -0.3 is 25.0 Å². The van der Waals surface area contributed by atoms with Crippen molar-refractivity contribution in [3.8, 4) is 16.9 Å². The van der Waals surface area contributed by atoms with Gasteiger partial charge in [-0.25, -0.2) is 0 Å². The standard InChI is InChI=1S/C25H31NO4.C3H4O4/c1-24(2,3)23(28)30-16(14-26-25(4,5)6)15-29-20-13-9-12-19-21(20)17-10-7-8-11-18(17)22(19)27;4-2(5)1-3(6)7/h7-13,16,26H,14-15H2,1-6H3;1H2,(H,4,5)(H,6,7). The van der Waals surface area contributed by atoms with Gasteiger partial charge in [0.15, 0.2) is 5.78 Å². The summed E-state index contributed by atoms with van der Waals surface area (Å²) in [6.45, 7) is 12.3. The summed E-state index contributed by atoms with van der Waals surface area (Å²) in [5, 5.41) is 18.8. The zero-order chi connectivity index (χ0) is 28.0. The van der Waals surface area contributed by atoms with Crippen molar-refractivity contribution in [2.24, 2.45) is 5.41 Å². The highest BCUT2D eigenvalue weighted by molar-refractivity contribution is 6.22. The number of carbonyl (C=O) groups is 4. The second-order valence-corrected chi connectivity index (χ2v) is 10.7. The van der Waals surface area contributed by atoms with Crippen LogP contribution in [0.25, 0.3) is 11.1 Å². The molecule has 37 heavy (non-hydrogen) atoms. The average molecular weight is 514 g/mol. The summed E-state index contributed by atoms with van der Waals surface area (Å²) in [7, 11) is 0. The van der Waals surface area contributed by atoms with Crippen molar-refractivity contribution in [3.63, 3.8) is 0 Å². The van der Waals surface area contributed by atoms with Crippen LogP contribution in [0.1, 0.15) is 63.9 Å². The van der Waals surface area contributed by atoms with Crippen LogP contribution in [0.5, 0.6) is 5.75 Å². The van der Waals surface area contributed by atoms with Crippen LogP contribution in [0.4, 0.5) is 0 Å². The summed E-state index contributed by atoms with van der Waals surface area (Å²) in [6, 6.07) is 13.0. The molecular formula is C28H35NO8. The smallest absolute Gasteiger partial charge is 0.314 e. The second-order valence-electron chi connectivity index (χ2n) is 10.7. The van der Waals surface area contributed by atoms with Gasteiger partial charge in [-0.2, -0.15) is 0 Å². The van der Waals surface area contributed by atoms with Crippen molar-refractivity contribution in [1.29, 1.82) is 0 Å². The van der Waals surface area contributed by atoms with Gasteiger partial charge in [-0.3, -0.25) is 19.2 Å².